The van der Waals surface area contributed by atoms with Gasteiger partial charge in [0.25, 0.3) is 0 Å². The van der Waals surface area contributed by atoms with E-state index in [-0.39, 0.29) is 17.8 Å². The van der Waals surface area contributed by atoms with Crippen LogP contribution >= 0.6 is 12.4 Å². The summed E-state index contributed by atoms with van der Waals surface area (Å²) >= 11 is 0. The van der Waals surface area contributed by atoms with Crippen LogP contribution in [0, 0.1) is 5.41 Å². The van der Waals surface area contributed by atoms with Crippen molar-refractivity contribution in [1.29, 1.82) is 0 Å². The lowest BCUT2D eigenvalue weighted by Crippen LogP contribution is -2.48. The molecule has 1 N–H and O–H groups in total. The van der Waals surface area contributed by atoms with Crippen LogP contribution in [0.1, 0.15) is 51.5 Å². The van der Waals surface area contributed by atoms with Gasteiger partial charge in [0.2, 0.25) is 5.91 Å². The number of carbonyl (C=O) groups is 1. The predicted molar refractivity (Wildman–Crippen MR) is 102 cm³/mol. The van der Waals surface area contributed by atoms with E-state index < -0.39 is 0 Å². The molecule has 0 spiro atoms. The minimum absolute atomic E-state index is 0. The van der Waals surface area contributed by atoms with Gasteiger partial charge in [-0.2, -0.15) is 0 Å². The van der Waals surface area contributed by atoms with Crippen molar-refractivity contribution in [3.8, 4) is 0 Å². The van der Waals surface area contributed by atoms with Crippen LogP contribution in [-0.4, -0.2) is 36.0 Å². The van der Waals surface area contributed by atoms with Crippen LogP contribution in [-0.2, 0) is 11.2 Å². The Morgan fingerprint density at radius 3 is 2.62 bits per heavy atom. The molecule has 4 heteroatoms. The fourth-order valence-corrected chi connectivity index (χ4v) is 4.15. The first kappa shape index (κ1) is 19.3. The third-order valence-electron chi connectivity index (χ3n) is 5.58. The molecule has 2 saturated heterocycles. The van der Waals surface area contributed by atoms with E-state index >= 15 is 0 Å². The molecule has 2 aliphatic rings. The maximum Gasteiger partial charge on any atom is 0.228 e. The molecule has 2 bridgehead atoms. The number of carbonyl (C=O) groups excluding carboxylic acids is 1. The molecular formula is C20H31ClN2O. The molecule has 1 aromatic rings. The van der Waals surface area contributed by atoms with Crippen molar-refractivity contribution in [2.75, 3.05) is 13.1 Å². The van der Waals surface area contributed by atoms with Crippen molar-refractivity contribution >= 4 is 18.3 Å². The highest BCUT2D eigenvalue weighted by Crippen LogP contribution is 2.35. The highest BCUT2D eigenvalue weighted by molar-refractivity contribution is 5.85. The first-order chi connectivity index (χ1) is 11.1. The topological polar surface area (TPSA) is 32.3 Å². The number of hydrogen-bond acceptors (Lipinski definition) is 2. The Balaban J connectivity index is 0.00000208. The molecule has 2 aliphatic heterocycles. The Kier molecular flexibility index (Phi) is 6.70. The SMILES string of the molecule is CC(C)(CCCc1ccccc1)C(=O)N1C2CCNCC1CC2.Cl. The third kappa shape index (κ3) is 4.31. The molecule has 0 radical (unpaired) electrons. The van der Waals surface area contributed by atoms with Gasteiger partial charge in [0.15, 0.2) is 0 Å². The van der Waals surface area contributed by atoms with Gasteiger partial charge in [-0.1, -0.05) is 44.2 Å². The van der Waals surface area contributed by atoms with E-state index in [2.05, 4.69) is 54.4 Å². The predicted octanol–water partition coefficient (Wildman–Crippen LogP) is 3.81. The average Bonchev–Trinajstić information content (AvgIpc) is 2.80. The number of nitrogens with zero attached hydrogens (tertiary/aromatic N) is 1. The first-order valence-corrected chi connectivity index (χ1v) is 9.15. The van der Waals surface area contributed by atoms with Crippen LogP contribution in [0.25, 0.3) is 0 Å². The lowest BCUT2D eigenvalue weighted by molar-refractivity contribution is -0.143. The van der Waals surface area contributed by atoms with Gasteiger partial charge in [0.1, 0.15) is 0 Å². The van der Waals surface area contributed by atoms with Crippen molar-refractivity contribution in [3.63, 3.8) is 0 Å². The number of aryl methyl sites for hydroxylation is 1. The molecule has 3 nitrogen and oxygen atoms in total. The molecule has 1 aromatic carbocycles. The van der Waals surface area contributed by atoms with Crippen LogP contribution < -0.4 is 5.32 Å². The normalized spacial score (nSPS) is 23.5. The molecule has 0 aliphatic carbocycles. The third-order valence-corrected chi connectivity index (χ3v) is 5.58. The van der Waals surface area contributed by atoms with Crippen molar-refractivity contribution < 1.29 is 4.79 Å². The summed E-state index contributed by atoms with van der Waals surface area (Å²) in [5.74, 6) is 0.377. The van der Waals surface area contributed by atoms with E-state index in [9.17, 15) is 4.79 Å². The Morgan fingerprint density at radius 2 is 1.88 bits per heavy atom. The molecule has 0 aromatic heterocycles. The van der Waals surface area contributed by atoms with Crippen molar-refractivity contribution in [3.05, 3.63) is 35.9 Å². The number of nitrogens with one attached hydrogen (secondary N) is 1. The molecule has 0 saturated carbocycles. The number of rotatable bonds is 5. The smallest absolute Gasteiger partial charge is 0.228 e. The minimum atomic E-state index is -0.250. The summed E-state index contributed by atoms with van der Waals surface area (Å²) in [6.45, 7) is 6.30. The quantitative estimate of drug-likeness (QED) is 0.875. The number of fused-ring (bicyclic) bond motifs is 2. The van der Waals surface area contributed by atoms with Crippen LogP contribution in [0.4, 0.5) is 0 Å². The van der Waals surface area contributed by atoms with Gasteiger partial charge < -0.3 is 10.2 Å². The van der Waals surface area contributed by atoms with Gasteiger partial charge >= 0.3 is 0 Å². The van der Waals surface area contributed by atoms with Gasteiger partial charge in [-0.25, -0.2) is 0 Å². The second-order valence-corrected chi connectivity index (χ2v) is 7.81. The van der Waals surface area contributed by atoms with E-state index in [4.69, 9.17) is 0 Å². The molecule has 24 heavy (non-hydrogen) atoms. The van der Waals surface area contributed by atoms with Crippen LogP contribution in [0.3, 0.4) is 0 Å². The van der Waals surface area contributed by atoms with E-state index in [1.807, 2.05) is 0 Å². The number of benzene rings is 1. The number of amides is 1. The second kappa shape index (κ2) is 8.35. The Bertz CT molecular complexity index is 518. The van der Waals surface area contributed by atoms with E-state index in [0.29, 0.717) is 18.0 Å². The summed E-state index contributed by atoms with van der Waals surface area (Å²) in [5.41, 5.74) is 1.12. The summed E-state index contributed by atoms with van der Waals surface area (Å²) in [4.78, 5) is 15.4. The molecule has 134 valence electrons. The maximum atomic E-state index is 13.2. The van der Waals surface area contributed by atoms with Crippen LogP contribution in [0.5, 0.6) is 0 Å². The summed E-state index contributed by atoms with van der Waals surface area (Å²) in [7, 11) is 0. The Hall–Kier alpha value is -1.06. The largest absolute Gasteiger partial charge is 0.335 e. The lowest BCUT2D eigenvalue weighted by atomic mass is 9.84. The molecule has 2 atom stereocenters. The number of halogens is 1. The van der Waals surface area contributed by atoms with E-state index in [0.717, 1.165) is 38.8 Å². The molecular weight excluding hydrogens is 320 g/mol. The fraction of sp³-hybridized carbons (Fsp3) is 0.650. The van der Waals surface area contributed by atoms with Crippen LogP contribution in [0.15, 0.2) is 30.3 Å². The van der Waals surface area contributed by atoms with Crippen LogP contribution in [0.2, 0.25) is 0 Å². The Labute approximate surface area is 152 Å². The zero-order valence-corrected chi connectivity index (χ0v) is 15.8. The molecule has 2 heterocycles. The van der Waals surface area contributed by atoms with Gasteiger partial charge in [-0.3, -0.25) is 4.79 Å². The molecule has 2 unspecified atom stereocenters. The van der Waals surface area contributed by atoms with Gasteiger partial charge in [0.05, 0.1) is 0 Å². The monoisotopic (exact) mass is 350 g/mol. The van der Waals surface area contributed by atoms with Gasteiger partial charge in [0, 0.05) is 24.0 Å². The summed E-state index contributed by atoms with van der Waals surface area (Å²) < 4.78 is 0. The molecule has 3 rings (SSSR count). The average molecular weight is 351 g/mol. The summed E-state index contributed by atoms with van der Waals surface area (Å²) in [6.07, 6.45) is 6.57. The first-order valence-electron chi connectivity index (χ1n) is 9.15. The number of hydrogen-bond donors (Lipinski definition) is 1. The van der Waals surface area contributed by atoms with E-state index in [1.165, 1.54) is 18.4 Å². The fourth-order valence-electron chi connectivity index (χ4n) is 4.15. The maximum absolute atomic E-state index is 13.2. The van der Waals surface area contributed by atoms with Gasteiger partial charge in [-0.05, 0) is 50.6 Å². The van der Waals surface area contributed by atoms with Crippen molar-refractivity contribution in [2.45, 2.75) is 64.5 Å². The highest BCUT2D eigenvalue weighted by Gasteiger charge is 2.42. The molecule has 1 amide bonds. The van der Waals surface area contributed by atoms with Crippen molar-refractivity contribution in [1.82, 2.24) is 10.2 Å². The lowest BCUT2D eigenvalue weighted by Gasteiger charge is -2.35. The molecule has 2 fully saturated rings. The van der Waals surface area contributed by atoms with E-state index in [1.54, 1.807) is 0 Å². The highest BCUT2D eigenvalue weighted by atomic mass is 35.5. The second-order valence-electron chi connectivity index (χ2n) is 7.81. The summed E-state index contributed by atoms with van der Waals surface area (Å²) in [5, 5.41) is 3.49. The summed E-state index contributed by atoms with van der Waals surface area (Å²) in [6, 6.07) is 11.5. The van der Waals surface area contributed by atoms with Crippen molar-refractivity contribution in [2.24, 2.45) is 5.41 Å². The standard InChI is InChI=1S/C20H30N2O.ClH/c1-20(2,13-6-9-16-7-4-3-5-8-16)19(23)22-17-10-11-18(22)15-21-14-12-17;/h3-5,7-8,17-18,21H,6,9-15H2,1-2H3;1H. The minimum Gasteiger partial charge on any atom is -0.335 e. The zero-order chi connectivity index (χ0) is 16.3. The van der Waals surface area contributed by atoms with Gasteiger partial charge in [-0.15, -0.1) is 12.4 Å². The zero-order valence-electron chi connectivity index (χ0n) is 15.0. The Morgan fingerprint density at radius 1 is 1.17 bits per heavy atom.